The Hall–Kier alpha value is -2.30. The summed E-state index contributed by atoms with van der Waals surface area (Å²) in [5.74, 6) is -0.807. The summed E-state index contributed by atoms with van der Waals surface area (Å²) in [5.41, 5.74) is -0.639. The number of hydrogen-bond acceptors (Lipinski definition) is 4. The van der Waals surface area contributed by atoms with Crippen molar-refractivity contribution in [3.63, 3.8) is 0 Å². The number of halogens is 4. The molecular weight excluding hydrogens is 433 g/mol. The second-order valence-electron chi connectivity index (χ2n) is 6.18. The molecule has 0 spiro atoms. The normalized spacial score (nSPS) is 13.1. The van der Waals surface area contributed by atoms with Crippen LogP contribution in [-0.2, 0) is 21.0 Å². The molecule has 0 bridgehead atoms. The van der Waals surface area contributed by atoms with Crippen molar-refractivity contribution in [3.8, 4) is 5.75 Å². The molecule has 0 aliphatic rings. The summed E-state index contributed by atoms with van der Waals surface area (Å²) in [7, 11) is -2.85. The van der Waals surface area contributed by atoms with Gasteiger partial charge in [0.15, 0.2) is 0 Å². The third-order valence-corrected chi connectivity index (χ3v) is 5.78. The molecule has 0 saturated heterocycles. The zero-order chi connectivity index (χ0) is 22.0. The van der Waals surface area contributed by atoms with Gasteiger partial charge in [0.25, 0.3) is 0 Å². The summed E-state index contributed by atoms with van der Waals surface area (Å²) >= 11 is 5.84. The summed E-state index contributed by atoms with van der Waals surface area (Å²) in [6.45, 7) is 2.93. The summed E-state index contributed by atoms with van der Waals surface area (Å²) in [6.07, 6.45) is -4.63. The average Bonchev–Trinajstić information content (AvgIpc) is 2.62. The number of sulfonamides is 1. The molecule has 29 heavy (non-hydrogen) atoms. The van der Waals surface area contributed by atoms with Crippen molar-refractivity contribution in [1.29, 1.82) is 0 Å². The van der Waals surface area contributed by atoms with Gasteiger partial charge in [-0.05, 0) is 49.7 Å². The van der Waals surface area contributed by atoms with Crippen molar-refractivity contribution in [2.24, 2.45) is 0 Å². The topological polar surface area (TPSA) is 84.5 Å². The van der Waals surface area contributed by atoms with E-state index in [1.165, 1.54) is 26.2 Å². The molecule has 1 amide bonds. The van der Waals surface area contributed by atoms with Crippen LogP contribution in [0, 0.1) is 6.92 Å². The predicted molar refractivity (Wildman–Crippen MR) is 103 cm³/mol. The van der Waals surface area contributed by atoms with Gasteiger partial charge >= 0.3 is 6.18 Å². The Balaban J connectivity index is 2.23. The zero-order valence-electron chi connectivity index (χ0n) is 15.6. The third-order valence-electron chi connectivity index (χ3n) is 3.89. The lowest BCUT2D eigenvalue weighted by Crippen LogP contribution is -2.41. The van der Waals surface area contributed by atoms with Gasteiger partial charge in [-0.1, -0.05) is 17.7 Å². The average molecular weight is 451 g/mol. The van der Waals surface area contributed by atoms with E-state index in [1.807, 2.05) is 0 Å². The molecule has 0 fully saturated rings. The number of ether oxygens (including phenoxy) is 1. The molecule has 11 heteroatoms. The fourth-order valence-corrected chi connectivity index (χ4v) is 4.00. The highest BCUT2D eigenvalue weighted by Gasteiger charge is 2.31. The minimum Gasteiger partial charge on any atom is -0.495 e. The molecule has 2 N–H and O–H groups in total. The highest BCUT2D eigenvalue weighted by molar-refractivity contribution is 7.89. The van der Waals surface area contributed by atoms with E-state index < -0.39 is 33.7 Å². The van der Waals surface area contributed by atoms with E-state index >= 15 is 0 Å². The molecule has 2 rings (SSSR count). The number of hydrogen-bond donors (Lipinski definition) is 2. The van der Waals surface area contributed by atoms with Gasteiger partial charge in [-0.25, -0.2) is 8.42 Å². The van der Waals surface area contributed by atoms with Gasteiger partial charge in [0.2, 0.25) is 15.9 Å². The van der Waals surface area contributed by atoms with Crippen LogP contribution in [0.25, 0.3) is 0 Å². The molecule has 0 aromatic heterocycles. The molecule has 0 aliphatic heterocycles. The van der Waals surface area contributed by atoms with Crippen LogP contribution in [0.3, 0.4) is 0 Å². The number of alkyl halides is 3. The van der Waals surface area contributed by atoms with E-state index in [-0.39, 0.29) is 21.4 Å². The number of aryl methyl sites for hydroxylation is 1. The van der Waals surface area contributed by atoms with Crippen molar-refractivity contribution in [3.05, 3.63) is 52.5 Å². The summed E-state index contributed by atoms with van der Waals surface area (Å²) in [4.78, 5) is 12.2. The predicted octanol–water partition coefficient (Wildman–Crippen LogP) is 3.98. The first kappa shape index (κ1) is 23.0. The molecule has 2 aromatic rings. The zero-order valence-corrected chi connectivity index (χ0v) is 17.2. The quantitative estimate of drug-likeness (QED) is 0.697. The first-order chi connectivity index (χ1) is 13.3. The number of carbonyl (C=O) groups is 1. The number of carbonyl (C=O) groups excluding carboxylic acids is 1. The van der Waals surface area contributed by atoms with Crippen molar-refractivity contribution in [2.45, 2.75) is 31.0 Å². The second kappa shape index (κ2) is 8.60. The molecule has 0 heterocycles. The molecule has 2 aromatic carbocycles. The summed E-state index contributed by atoms with van der Waals surface area (Å²) < 4.78 is 71.0. The lowest BCUT2D eigenvalue weighted by molar-refractivity contribution is -0.137. The third kappa shape index (κ3) is 5.62. The smallest absolute Gasteiger partial charge is 0.416 e. The number of nitrogens with one attached hydrogen (secondary N) is 2. The van der Waals surface area contributed by atoms with Crippen LogP contribution in [-0.4, -0.2) is 27.5 Å². The number of anilines is 1. The molecule has 6 nitrogen and oxygen atoms in total. The van der Waals surface area contributed by atoms with Crippen LogP contribution >= 0.6 is 11.6 Å². The Morgan fingerprint density at radius 3 is 2.41 bits per heavy atom. The van der Waals surface area contributed by atoms with Crippen LogP contribution < -0.4 is 14.8 Å². The van der Waals surface area contributed by atoms with Gasteiger partial charge in [0.1, 0.15) is 10.6 Å². The lowest BCUT2D eigenvalue weighted by atomic mass is 10.2. The molecule has 0 radical (unpaired) electrons. The maximum atomic E-state index is 12.9. The van der Waals surface area contributed by atoms with Gasteiger partial charge in [0.05, 0.1) is 29.4 Å². The van der Waals surface area contributed by atoms with E-state index in [2.05, 4.69) is 10.0 Å². The van der Waals surface area contributed by atoms with E-state index in [1.54, 1.807) is 13.0 Å². The number of rotatable bonds is 6. The lowest BCUT2D eigenvalue weighted by Gasteiger charge is -2.17. The Labute approximate surface area is 171 Å². The first-order valence-corrected chi connectivity index (χ1v) is 10.1. The Morgan fingerprint density at radius 2 is 1.83 bits per heavy atom. The molecule has 0 aliphatic carbocycles. The first-order valence-electron chi connectivity index (χ1n) is 8.19. The standard InChI is InChI=1S/C18H18ClF3N2O4S/c1-10-4-7-15(28-3)16(8-10)29(26,27)24-11(2)17(25)23-14-9-12(18(20,21)22)5-6-13(14)19/h4-9,11,24H,1-3H3,(H,23,25)/t11-/m1/s1. The van der Waals surface area contributed by atoms with E-state index in [0.717, 1.165) is 12.1 Å². The van der Waals surface area contributed by atoms with Gasteiger partial charge in [-0.3, -0.25) is 4.79 Å². The fourth-order valence-electron chi connectivity index (χ4n) is 2.38. The van der Waals surface area contributed by atoms with Crippen LogP contribution in [0.4, 0.5) is 18.9 Å². The largest absolute Gasteiger partial charge is 0.495 e. The van der Waals surface area contributed by atoms with Crippen LogP contribution in [0.15, 0.2) is 41.3 Å². The number of methoxy groups -OCH3 is 1. The molecule has 1 atom stereocenters. The highest BCUT2D eigenvalue weighted by Crippen LogP contribution is 2.34. The molecule has 158 valence electrons. The highest BCUT2D eigenvalue weighted by atomic mass is 35.5. The van der Waals surface area contributed by atoms with Crippen LogP contribution in [0.1, 0.15) is 18.1 Å². The molecule has 0 saturated carbocycles. The van der Waals surface area contributed by atoms with Gasteiger partial charge in [-0.2, -0.15) is 17.9 Å². The van der Waals surface area contributed by atoms with Crippen molar-refractivity contribution in [1.82, 2.24) is 4.72 Å². The fraction of sp³-hybridized carbons (Fsp3) is 0.278. The van der Waals surface area contributed by atoms with E-state index in [0.29, 0.717) is 11.6 Å². The monoisotopic (exact) mass is 450 g/mol. The van der Waals surface area contributed by atoms with Crippen molar-refractivity contribution in [2.75, 3.05) is 12.4 Å². The Morgan fingerprint density at radius 1 is 1.17 bits per heavy atom. The van der Waals surface area contributed by atoms with E-state index in [9.17, 15) is 26.4 Å². The maximum absolute atomic E-state index is 12.9. The SMILES string of the molecule is COc1ccc(C)cc1S(=O)(=O)N[C@H](C)C(=O)Nc1cc(C(F)(F)F)ccc1Cl. The second-order valence-corrected chi connectivity index (χ2v) is 8.27. The van der Waals surface area contributed by atoms with Crippen molar-refractivity contribution < 1.29 is 31.1 Å². The minimum atomic E-state index is -4.63. The molecule has 0 unspecified atom stereocenters. The Bertz CT molecular complexity index is 1030. The molecular formula is C18H18ClF3N2O4S. The van der Waals surface area contributed by atoms with Gasteiger partial charge in [0, 0.05) is 0 Å². The van der Waals surface area contributed by atoms with Crippen LogP contribution in [0.5, 0.6) is 5.75 Å². The van der Waals surface area contributed by atoms with Gasteiger partial charge in [-0.15, -0.1) is 0 Å². The van der Waals surface area contributed by atoms with Crippen molar-refractivity contribution >= 4 is 33.2 Å². The number of amides is 1. The van der Waals surface area contributed by atoms with Gasteiger partial charge < -0.3 is 10.1 Å². The summed E-state index contributed by atoms with van der Waals surface area (Å²) in [6, 6.07) is 5.62. The minimum absolute atomic E-state index is 0.0802. The Kier molecular flexibility index (Phi) is 6.82. The summed E-state index contributed by atoms with van der Waals surface area (Å²) in [5, 5.41) is 2.08. The maximum Gasteiger partial charge on any atom is 0.416 e. The van der Waals surface area contributed by atoms with Crippen LogP contribution in [0.2, 0.25) is 5.02 Å². The van der Waals surface area contributed by atoms with E-state index in [4.69, 9.17) is 16.3 Å². The number of benzene rings is 2.